The van der Waals surface area contributed by atoms with Crippen LogP contribution < -0.4 is 0 Å². The molecule has 0 bridgehead atoms. The first-order valence-electron chi connectivity index (χ1n) is 10.7. The number of unbranched alkanes of at least 4 members (excludes halogenated alkanes) is 12. The van der Waals surface area contributed by atoms with Crippen LogP contribution in [0.2, 0.25) is 0 Å². The Bertz CT molecular complexity index is 367. The molecule has 0 aromatic heterocycles. The van der Waals surface area contributed by atoms with Crippen molar-refractivity contribution >= 4 is 5.97 Å². The fourth-order valence-electron chi connectivity index (χ4n) is 3.31. The number of carbonyl (C=O) groups excluding carboxylic acids is 1. The summed E-state index contributed by atoms with van der Waals surface area (Å²) in [7, 11) is 1.22. The van der Waals surface area contributed by atoms with E-state index in [1.165, 1.54) is 77.4 Å². The average Bonchev–Trinajstić information content (AvgIpc) is 2.64. The Hall–Kier alpha value is -0.870. The predicted molar refractivity (Wildman–Crippen MR) is 108 cm³/mol. The first-order chi connectivity index (χ1) is 12.5. The van der Waals surface area contributed by atoms with Crippen molar-refractivity contribution in [2.75, 3.05) is 7.11 Å². The SMILES string of the molecule is C/C=C/[C@](O)(C(=O)OC)[C@@H](O)CCCCCCCCCCCCCCC. The van der Waals surface area contributed by atoms with E-state index in [4.69, 9.17) is 0 Å². The van der Waals surface area contributed by atoms with Crippen LogP contribution in [0.1, 0.15) is 104 Å². The monoisotopic (exact) mass is 370 g/mol. The molecule has 0 fully saturated rings. The van der Waals surface area contributed by atoms with E-state index in [1.807, 2.05) is 0 Å². The summed E-state index contributed by atoms with van der Waals surface area (Å²) >= 11 is 0. The summed E-state index contributed by atoms with van der Waals surface area (Å²) in [4.78, 5) is 11.7. The maximum absolute atomic E-state index is 11.7. The maximum atomic E-state index is 11.7. The van der Waals surface area contributed by atoms with Crippen LogP contribution in [0.25, 0.3) is 0 Å². The molecule has 0 saturated heterocycles. The normalized spacial score (nSPS) is 15.1. The van der Waals surface area contributed by atoms with E-state index in [2.05, 4.69) is 11.7 Å². The predicted octanol–water partition coefficient (Wildman–Crippen LogP) is 5.31. The lowest BCUT2D eigenvalue weighted by Gasteiger charge is -2.27. The van der Waals surface area contributed by atoms with Gasteiger partial charge in [-0.25, -0.2) is 4.79 Å². The van der Waals surface area contributed by atoms with Crippen molar-refractivity contribution < 1.29 is 19.7 Å². The Kier molecular flexibility index (Phi) is 15.8. The zero-order valence-electron chi connectivity index (χ0n) is 17.3. The zero-order valence-corrected chi connectivity index (χ0v) is 17.3. The lowest BCUT2D eigenvalue weighted by atomic mass is 9.91. The summed E-state index contributed by atoms with van der Waals surface area (Å²) in [5, 5.41) is 20.5. The highest BCUT2D eigenvalue weighted by Gasteiger charge is 2.41. The molecule has 0 spiro atoms. The van der Waals surface area contributed by atoms with Gasteiger partial charge < -0.3 is 14.9 Å². The summed E-state index contributed by atoms with van der Waals surface area (Å²) in [5.41, 5.74) is -1.93. The number of carbonyl (C=O) groups is 1. The van der Waals surface area contributed by atoms with Gasteiger partial charge in [0, 0.05) is 0 Å². The molecule has 2 atom stereocenters. The number of ether oxygens (including phenoxy) is 1. The van der Waals surface area contributed by atoms with E-state index < -0.39 is 17.7 Å². The number of allylic oxidation sites excluding steroid dienone is 1. The lowest BCUT2D eigenvalue weighted by Crippen LogP contribution is -2.48. The zero-order chi connectivity index (χ0) is 19.7. The fraction of sp³-hybridized carbons (Fsp3) is 0.864. The van der Waals surface area contributed by atoms with Gasteiger partial charge in [0.25, 0.3) is 0 Å². The summed E-state index contributed by atoms with van der Waals surface area (Å²) in [5.74, 6) is -0.808. The number of hydrogen-bond donors (Lipinski definition) is 2. The third-order valence-corrected chi connectivity index (χ3v) is 5.02. The Labute approximate surface area is 161 Å². The molecule has 0 aliphatic carbocycles. The Balaban J connectivity index is 3.66. The third kappa shape index (κ3) is 11.0. The topological polar surface area (TPSA) is 66.8 Å². The second-order valence-corrected chi connectivity index (χ2v) is 7.36. The van der Waals surface area contributed by atoms with Gasteiger partial charge in [0.2, 0.25) is 5.60 Å². The second-order valence-electron chi connectivity index (χ2n) is 7.36. The van der Waals surface area contributed by atoms with Crippen molar-refractivity contribution in [3.63, 3.8) is 0 Å². The van der Waals surface area contributed by atoms with E-state index in [9.17, 15) is 15.0 Å². The lowest BCUT2D eigenvalue weighted by molar-refractivity contribution is -0.167. The minimum atomic E-state index is -1.93. The quantitative estimate of drug-likeness (QED) is 0.207. The largest absolute Gasteiger partial charge is 0.467 e. The molecule has 0 aliphatic heterocycles. The number of hydrogen-bond acceptors (Lipinski definition) is 4. The molecule has 0 amide bonds. The highest BCUT2D eigenvalue weighted by molar-refractivity contribution is 5.82. The van der Waals surface area contributed by atoms with E-state index in [1.54, 1.807) is 13.0 Å². The van der Waals surface area contributed by atoms with E-state index in [-0.39, 0.29) is 0 Å². The van der Waals surface area contributed by atoms with E-state index >= 15 is 0 Å². The number of aliphatic hydroxyl groups is 2. The molecule has 4 nitrogen and oxygen atoms in total. The maximum Gasteiger partial charge on any atom is 0.344 e. The van der Waals surface area contributed by atoms with Crippen LogP contribution >= 0.6 is 0 Å². The van der Waals surface area contributed by atoms with Gasteiger partial charge >= 0.3 is 5.97 Å². The molecule has 0 radical (unpaired) electrons. The molecule has 154 valence electrons. The van der Waals surface area contributed by atoms with Crippen LogP contribution in [0.5, 0.6) is 0 Å². The number of methoxy groups -OCH3 is 1. The van der Waals surface area contributed by atoms with Crippen molar-refractivity contribution in [2.24, 2.45) is 0 Å². The molecular formula is C22H42O4. The van der Waals surface area contributed by atoms with Crippen LogP contribution in [0.3, 0.4) is 0 Å². The minimum Gasteiger partial charge on any atom is -0.467 e. The standard InChI is InChI=1S/C22H42O4/c1-4-6-7-8-9-10-11-12-13-14-15-16-17-18-20(23)22(25,19-5-2)21(24)26-3/h5,19-20,23,25H,4,6-18H2,1-3H3/b19-5+/t20-,22+/m0/s1. The summed E-state index contributed by atoms with van der Waals surface area (Å²) in [6, 6.07) is 0. The van der Waals surface area contributed by atoms with Crippen molar-refractivity contribution in [2.45, 2.75) is 115 Å². The molecule has 0 unspecified atom stereocenters. The van der Waals surface area contributed by atoms with E-state index in [0.29, 0.717) is 6.42 Å². The molecule has 0 saturated carbocycles. The Morgan fingerprint density at radius 3 is 1.73 bits per heavy atom. The van der Waals surface area contributed by atoms with Crippen molar-refractivity contribution in [3.8, 4) is 0 Å². The van der Waals surface area contributed by atoms with Crippen LogP contribution in [0.4, 0.5) is 0 Å². The Morgan fingerprint density at radius 1 is 0.923 bits per heavy atom. The Morgan fingerprint density at radius 2 is 1.35 bits per heavy atom. The molecule has 0 aliphatic rings. The van der Waals surface area contributed by atoms with Crippen molar-refractivity contribution in [3.05, 3.63) is 12.2 Å². The molecule has 4 heteroatoms. The average molecular weight is 371 g/mol. The third-order valence-electron chi connectivity index (χ3n) is 5.02. The second kappa shape index (κ2) is 16.3. The minimum absolute atomic E-state index is 0.397. The molecule has 0 rings (SSSR count). The number of aliphatic hydroxyl groups excluding tert-OH is 1. The molecular weight excluding hydrogens is 328 g/mol. The molecule has 2 N–H and O–H groups in total. The smallest absolute Gasteiger partial charge is 0.344 e. The first kappa shape index (κ1) is 25.1. The van der Waals surface area contributed by atoms with E-state index in [0.717, 1.165) is 19.3 Å². The van der Waals surface area contributed by atoms with Crippen LogP contribution in [0.15, 0.2) is 12.2 Å². The highest BCUT2D eigenvalue weighted by Crippen LogP contribution is 2.21. The number of esters is 1. The van der Waals surface area contributed by atoms with Gasteiger partial charge in [0.15, 0.2) is 0 Å². The van der Waals surface area contributed by atoms with Crippen LogP contribution in [0, 0.1) is 0 Å². The van der Waals surface area contributed by atoms with Gasteiger partial charge in [-0.05, 0) is 19.4 Å². The summed E-state index contributed by atoms with van der Waals surface area (Å²) in [6.07, 6.45) is 18.5. The molecule has 0 heterocycles. The fourth-order valence-corrected chi connectivity index (χ4v) is 3.31. The highest BCUT2D eigenvalue weighted by atomic mass is 16.5. The molecule has 0 aromatic carbocycles. The first-order valence-corrected chi connectivity index (χ1v) is 10.7. The van der Waals surface area contributed by atoms with Crippen molar-refractivity contribution in [1.82, 2.24) is 0 Å². The van der Waals surface area contributed by atoms with Gasteiger partial charge in [0.1, 0.15) is 0 Å². The van der Waals surface area contributed by atoms with Gasteiger partial charge in [-0.3, -0.25) is 0 Å². The summed E-state index contributed by atoms with van der Waals surface area (Å²) in [6.45, 7) is 3.95. The number of rotatable bonds is 17. The van der Waals surface area contributed by atoms with Gasteiger partial charge in [-0.1, -0.05) is 96.5 Å². The van der Waals surface area contributed by atoms with Gasteiger partial charge in [-0.2, -0.15) is 0 Å². The van der Waals surface area contributed by atoms with Gasteiger partial charge in [-0.15, -0.1) is 0 Å². The molecule has 0 aromatic rings. The summed E-state index contributed by atoms with van der Waals surface area (Å²) < 4.78 is 4.61. The van der Waals surface area contributed by atoms with Crippen molar-refractivity contribution in [1.29, 1.82) is 0 Å². The van der Waals surface area contributed by atoms with Gasteiger partial charge in [0.05, 0.1) is 13.2 Å². The molecule has 26 heavy (non-hydrogen) atoms. The van der Waals surface area contributed by atoms with Crippen LogP contribution in [-0.2, 0) is 9.53 Å². The van der Waals surface area contributed by atoms with Crippen LogP contribution in [-0.4, -0.2) is 35.0 Å².